The van der Waals surface area contributed by atoms with Gasteiger partial charge in [0, 0.05) is 12.4 Å². The maximum atomic E-state index is 13.7. The van der Waals surface area contributed by atoms with Crippen molar-refractivity contribution < 1.29 is 23.1 Å². The highest BCUT2D eigenvalue weighted by atomic mass is 32.1. The molecule has 1 fully saturated rings. The van der Waals surface area contributed by atoms with Gasteiger partial charge in [-0.25, -0.2) is 0 Å². The Morgan fingerprint density at radius 3 is 2.56 bits per heavy atom. The molecule has 0 aliphatic carbocycles. The van der Waals surface area contributed by atoms with Gasteiger partial charge in [-0.2, -0.15) is 13.2 Å². The Bertz CT molecular complexity index is 783. The standard InChI is InChI=1S/C15H12F3N3O2S2/c16-15(17,18)14(23)10(12(22)9-2-1-7-25-9)11(20-13(24)21-14)8-3-5-19-6-4-8/h1-7,10-11,23H,(H2,20,21,24)/t10-,11-,14+/m0/s1. The van der Waals surface area contributed by atoms with Gasteiger partial charge >= 0.3 is 6.18 Å². The summed E-state index contributed by atoms with van der Waals surface area (Å²) in [5.41, 5.74) is -3.14. The van der Waals surface area contributed by atoms with E-state index in [1.807, 2.05) is 5.32 Å². The fourth-order valence-corrected chi connectivity index (χ4v) is 3.75. The molecule has 3 atom stereocenters. The van der Waals surface area contributed by atoms with E-state index in [4.69, 9.17) is 12.2 Å². The Kier molecular flexibility index (Phi) is 4.52. The topological polar surface area (TPSA) is 74.2 Å². The van der Waals surface area contributed by atoms with E-state index in [9.17, 15) is 23.1 Å². The molecule has 1 aliphatic heterocycles. The zero-order valence-electron chi connectivity index (χ0n) is 12.4. The summed E-state index contributed by atoms with van der Waals surface area (Å²) in [6.07, 6.45) is -2.34. The number of halogens is 3. The van der Waals surface area contributed by atoms with Gasteiger partial charge in [-0.1, -0.05) is 6.07 Å². The van der Waals surface area contributed by atoms with E-state index >= 15 is 0 Å². The van der Waals surface area contributed by atoms with Gasteiger partial charge in [0.2, 0.25) is 5.72 Å². The van der Waals surface area contributed by atoms with Crippen LogP contribution >= 0.6 is 23.6 Å². The number of alkyl halides is 3. The first kappa shape index (κ1) is 17.8. The number of hydrogen-bond acceptors (Lipinski definition) is 5. The van der Waals surface area contributed by atoms with Crippen LogP contribution < -0.4 is 10.6 Å². The van der Waals surface area contributed by atoms with Crippen LogP contribution in [0.2, 0.25) is 0 Å². The highest BCUT2D eigenvalue weighted by Crippen LogP contribution is 2.44. The first-order valence-electron chi connectivity index (χ1n) is 7.09. The molecular formula is C15H12F3N3O2S2. The van der Waals surface area contributed by atoms with Gasteiger partial charge in [0.15, 0.2) is 10.9 Å². The summed E-state index contributed by atoms with van der Waals surface area (Å²) in [5.74, 6) is -2.71. The molecule has 2 aromatic rings. The number of aliphatic hydroxyl groups is 1. The molecule has 25 heavy (non-hydrogen) atoms. The lowest BCUT2D eigenvalue weighted by Gasteiger charge is -2.46. The second-order valence-corrected chi connectivity index (χ2v) is 6.80. The lowest BCUT2D eigenvalue weighted by molar-refractivity contribution is -0.285. The Morgan fingerprint density at radius 2 is 2.00 bits per heavy atom. The summed E-state index contributed by atoms with van der Waals surface area (Å²) in [4.78, 5) is 16.8. The van der Waals surface area contributed by atoms with E-state index < -0.39 is 34.8 Å². The molecule has 1 aliphatic rings. The van der Waals surface area contributed by atoms with Crippen molar-refractivity contribution in [2.75, 3.05) is 0 Å². The normalized spacial score (nSPS) is 26.6. The number of pyridine rings is 1. The van der Waals surface area contributed by atoms with E-state index in [1.54, 1.807) is 11.4 Å². The molecule has 3 heterocycles. The van der Waals surface area contributed by atoms with Gasteiger partial charge in [0.1, 0.15) is 5.92 Å². The highest BCUT2D eigenvalue weighted by Gasteiger charge is 2.65. The molecular weight excluding hydrogens is 375 g/mol. The molecule has 132 valence electrons. The van der Waals surface area contributed by atoms with E-state index in [1.165, 1.54) is 30.6 Å². The molecule has 0 saturated carbocycles. The second-order valence-electron chi connectivity index (χ2n) is 5.44. The van der Waals surface area contributed by atoms with Gasteiger partial charge in [0.05, 0.1) is 10.9 Å². The van der Waals surface area contributed by atoms with Crippen molar-refractivity contribution in [3.63, 3.8) is 0 Å². The molecule has 3 N–H and O–H groups in total. The second kappa shape index (κ2) is 6.36. The van der Waals surface area contributed by atoms with Crippen molar-refractivity contribution in [2.45, 2.75) is 17.9 Å². The largest absolute Gasteiger partial charge is 0.437 e. The van der Waals surface area contributed by atoms with Crippen molar-refractivity contribution in [3.8, 4) is 0 Å². The first-order chi connectivity index (χ1) is 11.7. The highest BCUT2D eigenvalue weighted by molar-refractivity contribution is 7.80. The number of nitrogens with one attached hydrogen (secondary N) is 2. The van der Waals surface area contributed by atoms with Crippen molar-refractivity contribution in [1.29, 1.82) is 0 Å². The molecule has 3 rings (SSSR count). The first-order valence-corrected chi connectivity index (χ1v) is 8.38. The summed E-state index contributed by atoms with van der Waals surface area (Å²) in [7, 11) is 0. The van der Waals surface area contributed by atoms with Crippen molar-refractivity contribution in [3.05, 3.63) is 52.5 Å². The predicted octanol–water partition coefficient (Wildman–Crippen LogP) is 2.41. The number of Topliss-reactive ketones (excluding diaryl/α,β-unsaturated/α-hetero) is 1. The third-order valence-corrected chi connectivity index (χ3v) is 5.02. The lowest BCUT2D eigenvalue weighted by Crippen LogP contribution is -2.72. The third-order valence-electron chi connectivity index (χ3n) is 3.92. The van der Waals surface area contributed by atoms with E-state index in [0.717, 1.165) is 11.3 Å². The van der Waals surface area contributed by atoms with Crippen LogP contribution in [0.15, 0.2) is 42.0 Å². The number of carbonyl (C=O) groups is 1. The molecule has 10 heteroatoms. The van der Waals surface area contributed by atoms with E-state index in [0.29, 0.717) is 5.56 Å². The minimum Gasteiger partial charge on any atom is -0.363 e. The SMILES string of the molecule is O=C(c1cccs1)[C@@H]1[C@H](c2ccncc2)NC(=S)N[C@]1(O)C(F)(F)F. The maximum Gasteiger partial charge on any atom is 0.437 e. The van der Waals surface area contributed by atoms with Crippen molar-refractivity contribution in [2.24, 2.45) is 5.92 Å². The molecule has 5 nitrogen and oxygen atoms in total. The minimum atomic E-state index is -5.12. The monoisotopic (exact) mass is 387 g/mol. The van der Waals surface area contributed by atoms with Gasteiger partial charge in [0.25, 0.3) is 0 Å². The van der Waals surface area contributed by atoms with Crippen LogP contribution in [0.4, 0.5) is 13.2 Å². The number of ketones is 1. The van der Waals surface area contributed by atoms with Crippen LogP contribution in [0.25, 0.3) is 0 Å². The number of thiocarbonyl (C=S) groups is 1. The van der Waals surface area contributed by atoms with Crippen molar-refractivity contribution in [1.82, 2.24) is 15.6 Å². The molecule has 0 aromatic carbocycles. The fourth-order valence-electron chi connectivity index (χ4n) is 2.76. The van der Waals surface area contributed by atoms with Crippen LogP contribution in [0, 0.1) is 5.92 Å². The van der Waals surface area contributed by atoms with E-state index in [2.05, 4.69) is 10.3 Å². The average molecular weight is 387 g/mol. The Hall–Kier alpha value is -2.04. The molecule has 0 spiro atoms. The summed E-state index contributed by atoms with van der Waals surface area (Å²) in [6, 6.07) is 4.74. The van der Waals surface area contributed by atoms with Gasteiger partial charge < -0.3 is 15.7 Å². The molecule has 2 aromatic heterocycles. The van der Waals surface area contributed by atoms with Crippen LogP contribution in [-0.4, -0.2) is 32.9 Å². The summed E-state index contributed by atoms with van der Waals surface area (Å²) >= 11 is 5.84. The number of hydrogen-bond donors (Lipinski definition) is 3. The van der Waals surface area contributed by atoms with Crippen LogP contribution in [0.5, 0.6) is 0 Å². The summed E-state index contributed by atoms with van der Waals surface area (Å²) < 4.78 is 41.0. The Labute approximate surface area is 149 Å². The van der Waals surface area contributed by atoms with Gasteiger partial charge in [-0.3, -0.25) is 9.78 Å². The zero-order valence-corrected chi connectivity index (χ0v) is 14.1. The van der Waals surface area contributed by atoms with Gasteiger partial charge in [-0.05, 0) is 41.4 Å². The molecule has 0 amide bonds. The van der Waals surface area contributed by atoms with Crippen molar-refractivity contribution >= 4 is 34.5 Å². The lowest BCUT2D eigenvalue weighted by atomic mass is 9.79. The smallest absolute Gasteiger partial charge is 0.363 e. The number of carbonyl (C=O) groups excluding carboxylic acids is 1. The summed E-state index contributed by atoms with van der Waals surface area (Å²) in [6.45, 7) is 0. The predicted molar refractivity (Wildman–Crippen MR) is 89.0 cm³/mol. The van der Waals surface area contributed by atoms with Gasteiger partial charge in [-0.15, -0.1) is 11.3 Å². The Balaban J connectivity index is 2.15. The quantitative estimate of drug-likeness (QED) is 0.555. The minimum absolute atomic E-state index is 0.114. The molecule has 0 bridgehead atoms. The van der Waals surface area contributed by atoms with Crippen LogP contribution in [0.1, 0.15) is 21.3 Å². The number of nitrogens with zero attached hydrogens (tertiary/aromatic N) is 1. The summed E-state index contributed by atoms with van der Waals surface area (Å²) in [5, 5.41) is 16.1. The molecule has 1 saturated heterocycles. The number of thiophene rings is 1. The maximum absolute atomic E-state index is 13.7. The van der Waals surface area contributed by atoms with Crippen LogP contribution in [0.3, 0.4) is 0 Å². The number of aromatic nitrogens is 1. The fraction of sp³-hybridized carbons (Fsp3) is 0.267. The van der Waals surface area contributed by atoms with Crippen LogP contribution in [-0.2, 0) is 0 Å². The molecule has 0 unspecified atom stereocenters. The third kappa shape index (κ3) is 3.12. The Morgan fingerprint density at radius 1 is 1.32 bits per heavy atom. The molecule has 0 radical (unpaired) electrons. The number of rotatable bonds is 3. The average Bonchev–Trinajstić information content (AvgIpc) is 3.08. The zero-order chi connectivity index (χ0) is 18.2. The van der Waals surface area contributed by atoms with E-state index in [-0.39, 0.29) is 4.88 Å².